The number of benzene rings is 1. The Bertz CT molecular complexity index is 554. The number of ether oxygens (including phenoxy) is 2. The highest BCUT2D eigenvalue weighted by Crippen LogP contribution is 2.20. The Hall–Kier alpha value is -1.31. The van der Waals surface area contributed by atoms with Gasteiger partial charge in [-0.05, 0) is 44.2 Å². The number of thioether (sulfide) groups is 1. The van der Waals surface area contributed by atoms with Crippen molar-refractivity contribution in [1.82, 2.24) is 10.6 Å². The number of nitrogens with one attached hydrogen (secondary N) is 2. The van der Waals surface area contributed by atoms with Crippen molar-refractivity contribution in [2.75, 3.05) is 51.8 Å². The molecule has 1 fully saturated rings. The van der Waals surface area contributed by atoms with Crippen molar-refractivity contribution in [3.8, 4) is 0 Å². The Morgan fingerprint density at radius 1 is 1.30 bits per heavy atom. The summed E-state index contributed by atoms with van der Waals surface area (Å²) < 4.78 is 24.7. The van der Waals surface area contributed by atoms with Crippen molar-refractivity contribution in [1.29, 1.82) is 0 Å². The lowest BCUT2D eigenvalue weighted by Crippen LogP contribution is -2.38. The third-order valence-electron chi connectivity index (χ3n) is 4.24. The first-order chi connectivity index (χ1) is 13.3. The highest BCUT2D eigenvalue weighted by Gasteiger charge is 2.13. The summed E-state index contributed by atoms with van der Waals surface area (Å²) in [4.78, 5) is 5.25. The number of guanidine groups is 1. The predicted molar refractivity (Wildman–Crippen MR) is 110 cm³/mol. The lowest BCUT2D eigenvalue weighted by molar-refractivity contribution is 0.0205. The van der Waals surface area contributed by atoms with Crippen molar-refractivity contribution < 1.29 is 13.9 Å². The predicted octanol–water partition coefficient (Wildman–Crippen LogP) is 3.31. The van der Waals surface area contributed by atoms with Gasteiger partial charge in [0.1, 0.15) is 5.82 Å². The summed E-state index contributed by atoms with van der Waals surface area (Å²) in [6, 6.07) is 6.86. The number of nitrogens with zero attached hydrogens (tertiary/aromatic N) is 1. The van der Waals surface area contributed by atoms with Crippen LogP contribution in [0.1, 0.15) is 26.2 Å². The Kier molecular flexibility index (Phi) is 11.2. The van der Waals surface area contributed by atoms with Crippen molar-refractivity contribution in [3.63, 3.8) is 0 Å². The van der Waals surface area contributed by atoms with Gasteiger partial charge in [0.25, 0.3) is 0 Å². The van der Waals surface area contributed by atoms with Crippen LogP contribution in [0.5, 0.6) is 0 Å². The molecule has 1 aromatic rings. The summed E-state index contributed by atoms with van der Waals surface area (Å²) in [6.07, 6.45) is 3.12. The average molecular weight is 398 g/mol. The highest BCUT2D eigenvalue weighted by molar-refractivity contribution is 7.99. The smallest absolute Gasteiger partial charge is 0.191 e. The molecule has 0 unspecified atom stereocenters. The molecule has 2 N–H and O–H groups in total. The van der Waals surface area contributed by atoms with Crippen LogP contribution in [0.25, 0.3) is 0 Å². The van der Waals surface area contributed by atoms with E-state index >= 15 is 0 Å². The van der Waals surface area contributed by atoms with Crippen LogP contribution in [0.15, 0.2) is 34.2 Å². The fourth-order valence-electron chi connectivity index (χ4n) is 2.75. The second kappa shape index (κ2) is 13.8. The van der Waals surface area contributed by atoms with Gasteiger partial charge in [0.15, 0.2) is 5.96 Å². The van der Waals surface area contributed by atoms with Gasteiger partial charge in [-0.3, -0.25) is 4.99 Å². The van der Waals surface area contributed by atoms with Gasteiger partial charge in [0.05, 0.1) is 0 Å². The number of halogens is 1. The zero-order valence-corrected chi connectivity index (χ0v) is 17.0. The van der Waals surface area contributed by atoms with E-state index < -0.39 is 0 Å². The minimum Gasteiger partial charge on any atom is -0.381 e. The number of aliphatic imine (C=N–C) groups is 1. The van der Waals surface area contributed by atoms with E-state index in [1.54, 1.807) is 12.1 Å². The topological polar surface area (TPSA) is 54.9 Å². The van der Waals surface area contributed by atoms with Crippen LogP contribution in [-0.4, -0.2) is 57.8 Å². The van der Waals surface area contributed by atoms with E-state index in [-0.39, 0.29) is 5.82 Å². The van der Waals surface area contributed by atoms with E-state index in [9.17, 15) is 4.39 Å². The molecule has 1 heterocycles. The molecule has 152 valence electrons. The Labute approximate surface area is 166 Å². The molecule has 0 radical (unpaired) electrons. The van der Waals surface area contributed by atoms with Gasteiger partial charge in [0, 0.05) is 56.7 Å². The summed E-state index contributed by atoms with van der Waals surface area (Å²) in [5, 5.41) is 6.53. The molecule has 1 aromatic carbocycles. The molecule has 0 spiro atoms. The molecule has 5 nitrogen and oxygen atoms in total. The molecular weight excluding hydrogens is 365 g/mol. The minimum absolute atomic E-state index is 0.163. The van der Waals surface area contributed by atoms with E-state index in [4.69, 9.17) is 9.47 Å². The van der Waals surface area contributed by atoms with E-state index in [1.807, 2.05) is 13.0 Å². The third-order valence-corrected chi connectivity index (χ3v) is 5.29. The Morgan fingerprint density at radius 2 is 2.11 bits per heavy atom. The van der Waals surface area contributed by atoms with Crippen molar-refractivity contribution in [2.24, 2.45) is 10.9 Å². The summed E-state index contributed by atoms with van der Waals surface area (Å²) in [5.41, 5.74) is 0. The standard InChI is InChI=1S/C20H32FN3O2S/c1-2-22-20(24-11-15-27-19-7-4-3-6-18(19)21)23-10-5-12-26-16-17-8-13-25-14-9-17/h3-4,6-7,17H,2,5,8-16H2,1H3,(H2,22,23,24). The third kappa shape index (κ3) is 9.44. The highest BCUT2D eigenvalue weighted by atomic mass is 32.2. The van der Waals surface area contributed by atoms with Gasteiger partial charge in [-0.2, -0.15) is 0 Å². The molecule has 2 rings (SSSR count). The number of hydrogen-bond donors (Lipinski definition) is 2. The quantitative estimate of drug-likeness (QED) is 0.260. The molecule has 0 amide bonds. The maximum absolute atomic E-state index is 13.6. The summed E-state index contributed by atoms with van der Waals surface area (Å²) in [7, 11) is 0. The van der Waals surface area contributed by atoms with Gasteiger partial charge in [-0.25, -0.2) is 4.39 Å². The Balaban J connectivity index is 1.56. The average Bonchev–Trinajstić information content (AvgIpc) is 2.69. The number of rotatable bonds is 11. The molecule has 0 saturated carbocycles. The molecule has 0 bridgehead atoms. The van der Waals surface area contributed by atoms with Crippen LogP contribution in [0.4, 0.5) is 4.39 Å². The van der Waals surface area contributed by atoms with Gasteiger partial charge >= 0.3 is 0 Å². The van der Waals surface area contributed by atoms with Crippen molar-refractivity contribution in [3.05, 3.63) is 30.1 Å². The molecule has 0 aromatic heterocycles. The van der Waals surface area contributed by atoms with Gasteiger partial charge in [-0.1, -0.05) is 12.1 Å². The van der Waals surface area contributed by atoms with Crippen molar-refractivity contribution in [2.45, 2.75) is 31.1 Å². The normalized spacial score (nSPS) is 15.7. The van der Waals surface area contributed by atoms with Crippen LogP contribution < -0.4 is 10.6 Å². The molecule has 0 aliphatic carbocycles. The molecular formula is C20H32FN3O2S. The monoisotopic (exact) mass is 397 g/mol. The molecule has 0 atom stereocenters. The van der Waals surface area contributed by atoms with E-state index in [0.29, 0.717) is 10.8 Å². The van der Waals surface area contributed by atoms with Crippen LogP contribution in [0, 0.1) is 11.7 Å². The van der Waals surface area contributed by atoms with E-state index in [1.165, 1.54) is 17.8 Å². The molecule has 1 aliphatic heterocycles. The molecule has 1 aliphatic rings. The first kappa shape index (κ1) is 22.0. The maximum Gasteiger partial charge on any atom is 0.191 e. The fraction of sp³-hybridized carbons (Fsp3) is 0.650. The van der Waals surface area contributed by atoms with Gasteiger partial charge < -0.3 is 20.1 Å². The minimum atomic E-state index is -0.163. The zero-order chi connectivity index (χ0) is 19.2. The Morgan fingerprint density at radius 3 is 2.89 bits per heavy atom. The summed E-state index contributed by atoms with van der Waals surface area (Å²) in [6.45, 7) is 7.61. The van der Waals surface area contributed by atoms with E-state index in [0.717, 1.165) is 77.0 Å². The van der Waals surface area contributed by atoms with Crippen LogP contribution >= 0.6 is 11.8 Å². The SMILES string of the molecule is CCNC(=NCCCOCC1CCOCC1)NCCSc1ccccc1F. The lowest BCUT2D eigenvalue weighted by atomic mass is 10.0. The van der Waals surface area contributed by atoms with E-state index in [2.05, 4.69) is 15.6 Å². The molecule has 27 heavy (non-hydrogen) atoms. The van der Waals surface area contributed by atoms with Crippen LogP contribution in [0.2, 0.25) is 0 Å². The molecule has 7 heteroatoms. The van der Waals surface area contributed by atoms with Crippen LogP contribution in [-0.2, 0) is 9.47 Å². The van der Waals surface area contributed by atoms with Crippen LogP contribution in [0.3, 0.4) is 0 Å². The summed E-state index contributed by atoms with van der Waals surface area (Å²) in [5.74, 6) is 2.06. The summed E-state index contributed by atoms with van der Waals surface area (Å²) >= 11 is 1.51. The first-order valence-electron chi connectivity index (χ1n) is 9.84. The number of hydrogen-bond acceptors (Lipinski definition) is 4. The van der Waals surface area contributed by atoms with Gasteiger partial charge in [0.2, 0.25) is 0 Å². The second-order valence-corrected chi connectivity index (χ2v) is 7.59. The fourth-order valence-corrected chi connectivity index (χ4v) is 3.56. The van der Waals surface area contributed by atoms with Crippen molar-refractivity contribution >= 4 is 17.7 Å². The lowest BCUT2D eigenvalue weighted by Gasteiger charge is -2.21. The first-order valence-corrected chi connectivity index (χ1v) is 10.8. The second-order valence-electron chi connectivity index (χ2n) is 6.45. The van der Waals surface area contributed by atoms with Gasteiger partial charge in [-0.15, -0.1) is 11.8 Å². The zero-order valence-electron chi connectivity index (χ0n) is 16.2. The maximum atomic E-state index is 13.6. The largest absolute Gasteiger partial charge is 0.381 e. The molecule has 1 saturated heterocycles.